The zero-order valence-electron chi connectivity index (χ0n) is 23.1. The summed E-state index contributed by atoms with van der Waals surface area (Å²) in [7, 11) is 10.7. The quantitative estimate of drug-likeness (QED) is 0.287. The fraction of sp³-hybridized carbons (Fsp3) is 0.517. The van der Waals surface area contributed by atoms with Gasteiger partial charge in [0.25, 0.3) is 0 Å². The SMILES string of the molecule is CCC(C)C1=Cc2c(ccc(C(C)(C)C)c2-c2cc([Si](C)(C)C)cc([Si](C)(C)C)c2)[CH]1[Zr]([Cl])[Cl]. The molecule has 0 nitrogen and oxygen atoms in total. The van der Waals surface area contributed by atoms with E-state index in [4.69, 9.17) is 17.0 Å². The van der Waals surface area contributed by atoms with Crippen LogP contribution in [0.1, 0.15) is 61.4 Å². The molecule has 0 spiro atoms. The average molecular weight is 610 g/mol. The molecule has 0 aromatic heterocycles. The predicted molar refractivity (Wildman–Crippen MR) is 158 cm³/mol. The zero-order valence-corrected chi connectivity index (χ0v) is 29.1. The summed E-state index contributed by atoms with van der Waals surface area (Å²) in [5, 5.41) is 3.12. The molecule has 0 bridgehead atoms. The molecule has 2 unspecified atom stereocenters. The molecule has 1 aliphatic carbocycles. The van der Waals surface area contributed by atoms with E-state index in [1.165, 1.54) is 33.4 Å². The molecule has 34 heavy (non-hydrogen) atoms. The number of allylic oxidation sites excluding steroid dienone is 1. The van der Waals surface area contributed by atoms with Crippen LogP contribution >= 0.6 is 17.0 Å². The molecular weight excluding hydrogens is 567 g/mol. The van der Waals surface area contributed by atoms with Gasteiger partial charge in [0.1, 0.15) is 0 Å². The van der Waals surface area contributed by atoms with Crippen LogP contribution in [0, 0.1) is 5.92 Å². The van der Waals surface area contributed by atoms with Crippen LogP contribution in [0.25, 0.3) is 17.2 Å². The van der Waals surface area contributed by atoms with Gasteiger partial charge in [-0.1, -0.05) is 0 Å². The topological polar surface area (TPSA) is 0 Å². The van der Waals surface area contributed by atoms with Crippen molar-refractivity contribution in [2.24, 2.45) is 5.92 Å². The zero-order chi connectivity index (χ0) is 25.8. The molecular formula is C29H43Cl2Si2Zr. The predicted octanol–water partition coefficient (Wildman–Crippen LogP) is 9.15. The number of halogens is 2. The van der Waals surface area contributed by atoms with Crippen molar-refractivity contribution in [2.75, 3.05) is 0 Å². The summed E-state index contributed by atoms with van der Waals surface area (Å²) >= 11 is -2.57. The van der Waals surface area contributed by atoms with E-state index >= 15 is 0 Å². The average Bonchev–Trinajstić information content (AvgIpc) is 3.10. The van der Waals surface area contributed by atoms with Gasteiger partial charge in [-0.2, -0.15) is 0 Å². The molecule has 2 aromatic carbocycles. The molecule has 0 saturated carbocycles. The molecule has 0 fully saturated rings. The van der Waals surface area contributed by atoms with E-state index in [-0.39, 0.29) is 9.04 Å². The molecule has 0 saturated heterocycles. The van der Waals surface area contributed by atoms with Crippen LogP contribution in [0.15, 0.2) is 35.9 Å². The van der Waals surface area contributed by atoms with Crippen LogP contribution in [0.3, 0.4) is 0 Å². The van der Waals surface area contributed by atoms with Crippen molar-refractivity contribution in [1.29, 1.82) is 0 Å². The molecule has 2 atom stereocenters. The molecule has 0 heterocycles. The van der Waals surface area contributed by atoms with Crippen molar-refractivity contribution in [1.82, 2.24) is 0 Å². The van der Waals surface area contributed by atoms with Crippen molar-refractivity contribution in [2.45, 2.75) is 89.4 Å². The van der Waals surface area contributed by atoms with Gasteiger partial charge in [-0.3, -0.25) is 0 Å². The maximum absolute atomic E-state index is 6.84. The minimum atomic E-state index is -2.57. The summed E-state index contributed by atoms with van der Waals surface area (Å²) in [6, 6.07) is 12.3. The monoisotopic (exact) mass is 607 g/mol. The normalized spacial score (nSPS) is 17.4. The maximum atomic E-state index is 6.84. The van der Waals surface area contributed by atoms with Gasteiger partial charge in [-0.25, -0.2) is 0 Å². The Morgan fingerprint density at radius 1 is 0.912 bits per heavy atom. The first-order chi connectivity index (χ1) is 15.5. The van der Waals surface area contributed by atoms with Crippen molar-refractivity contribution >= 4 is 49.6 Å². The Hall–Kier alpha value is 0.0769. The molecule has 0 amide bonds. The third kappa shape index (κ3) is 5.80. The van der Waals surface area contributed by atoms with Gasteiger partial charge in [0.2, 0.25) is 0 Å². The second kappa shape index (κ2) is 10.1. The number of hydrogen-bond acceptors (Lipinski definition) is 0. The fourth-order valence-electron chi connectivity index (χ4n) is 4.95. The molecule has 3 rings (SSSR count). The van der Waals surface area contributed by atoms with E-state index in [0.29, 0.717) is 5.92 Å². The van der Waals surface area contributed by atoms with E-state index in [1.54, 1.807) is 10.4 Å². The number of rotatable bonds is 6. The van der Waals surface area contributed by atoms with Crippen LogP contribution < -0.4 is 10.4 Å². The second-order valence-electron chi connectivity index (χ2n) is 13.2. The number of hydrogen-bond donors (Lipinski definition) is 0. The van der Waals surface area contributed by atoms with E-state index in [0.717, 1.165) is 6.42 Å². The minimum absolute atomic E-state index is 0.0465. The molecule has 0 N–H and O–H groups in total. The Morgan fingerprint density at radius 3 is 1.85 bits per heavy atom. The Bertz CT molecular complexity index is 1070. The summed E-state index contributed by atoms with van der Waals surface area (Å²) in [6.45, 7) is 26.5. The van der Waals surface area contributed by atoms with Crippen LogP contribution in [0.5, 0.6) is 0 Å². The van der Waals surface area contributed by atoms with E-state index in [2.05, 4.69) is 110 Å². The molecule has 5 heteroatoms. The van der Waals surface area contributed by atoms with E-state index in [9.17, 15) is 0 Å². The Morgan fingerprint density at radius 2 is 1.44 bits per heavy atom. The van der Waals surface area contributed by atoms with E-state index < -0.39 is 35.5 Å². The van der Waals surface area contributed by atoms with Gasteiger partial charge in [0.15, 0.2) is 0 Å². The van der Waals surface area contributed by atoms with Crippen LogP contribution in [0.4, 0.5) is 0 Å². The molecule has 2 aromatic rings. The fourth-order valence-corrected chi connectivity index (χ4v) is 13.1. The van der Waals surface area contributed by atoms with Gasteiger partial charge < -0.3 is 0 Å². The molecule has 1 aliphatic rings. The van der Waals surface area contributed by atoms with Crippen LogP contribution in [-0.4, -0.2) is 16.1 Å². The summed E-state index contributed by atoms with van der Waals surface area (Å²) < 4.78 is 0.264. The van der Waals surface area contributed by atoms with Gasteiger partial charge in [0.05, 0.1) is 0 Å². The van der Waals surface area contributed by atoms with Crippen molar-refractivity contribution < 1.29 is 19.4 Å². The summed E-state index contributed by atoms with van der Waals surface area (Å²) in [4.78, 5) is 0. The first-order valence-electron chi connectivity index (χ1n) is 12.7. The molecule has 185 valence electrons. The first-order valence-corrected chi connectivity index (χ1v) is 27.4. The Balaban J connectivity index is 2.45. The summed E-state index contributed by atoms with van der Waals surface area (Å²) in [5.74, 6) is 0.502. The van der Waals surface area contributed by atoms with Gasteiger partial charge in [-0.15, -0.1) is 0 Å². The van der Waals surface area contributed by atoms with Crippen LogP contribution in [-0.2, 0) is 24.8 Å². The third-order valence-corrected chi connectivity index (χ3v) is 16.7. The second-order valence-corrected chi connectivity index (χ2v) is 32.2. The standard InChI is InChI=1S/C29H43Si2.2ClH.Zr/c1-12-20(2)22-15-21-13-14-27(29(3,4)5)28(26(21)18-22)23-16-24(30(6,7)8)19-25(17-23)31(9,10)11;;;/h13-20H,12H2,1-11H3;2*1H;/q;;;+2/p-2. The first kappa shape index (κ1) is 28.6. The molecule has 0 radical (unpaired) electrons. The molecule has 0 aliphatic heterocycles. The van der Waals surface area contributed by atoms with Crippen molar-refractivity contribution in [3.8, 4) is 11.1 Å². The Labute approximate surface area is 226 Å². The van der Waals surface area contributed by atoms with Crippen LogP contribution in [0.2, 0.25) is 39.3 Å². The third-order valence-electron chi connectivity index (χ3n) is 7.40. The van der Waals surface area contributed by atoms with Gasteiger partial charge in [-0.05, 0) is 0 Å². The van der Waals surface area contributed by atoms with Gasteiger partial charge in [0, 0.05) is 0 Å². The number of benzene rings is 2. The van der Waals surface area contributed by atoms with Crippen molar-refractivity contribution in [3.63, 3.8) is 0 Å². The Kier molecular flexibility index (Phi) is 8.50. The van der Waals surface area contributed by atoms with Crippen molar-refractivity contribution in [3.05, 3.63) is 52.6 Å². The summed E-state index contributed by atoms with van der Waals surface area (Å²) in [6.07, 6.45) is 3.60. The summed E-state index contributed by atoms with van der Waals surface area (Å²) in [5.41, 5.74) is 8.53. The number of fused-ring (bicyclic) bond motifs is 1. The van der Waals surface area contributed by atoms with E-state index in [1.807, 2.05) is 0 Å². The van der Waals surface area contributed by atoms with Gasteiger partial charge >= 0.3 is 228 Å².